The first kappa shape index (κ1) is 15.3. The molecule has 0 radical (unpaired) electrons. The number of carbonyl (C=O) groups is 2. The minimum absolute atomic E-state index is 0.114. The van der Waals surface area contributed by atoms with Gasteiger partial charge in [0.1, 0.15) is 11.3 Å². The van der Waals surface area contributed by atoms with Crippen molar-refractivity contribution in [3.63, 3.8) is 0 Å². The van der Waals surface area contributed by atoms with Crippen LogP contribution >= 0.6 is 0 Å². The number of hydrogen-bond donors (Lipinski definition) is 1. The van der Waals surface area contributed by atoms with E-state index in [4.69, 9.17) is 0 Å². The molecule has 1 aliphatic carbocycles. The van der Waals surface area contributed by atoms with E-state index in [0.29, 0.717) is 23.7 Å². The molecule has 0 saturated heterocycles. The Morgan fingerprint density at radius 2 is 2.04 bits per heavy atom. The Hall–Kier alpha value is -2.57. The Labute approximate surface area is 131 Å². The third-order valence-corrected chi connectivity index (χ3v) is 4.63. The average Bonchev–Trinajstić information content (AvgIpc) is 2.94. The van der Waals surface area contributed by atoms with Crippen molar-refractivity contribution in [2.75, 3.05) is 0 Å². The van der Waals surface area contributed by atoms with Gasteiger partial charge in [-0.05, 0) is 37.8 Å². The number of benzene rings is 1. The highest BCUT2D eigenvalue weighted by atomic mass is 16.4. The number of nitrogens with zero attached hydrogens (tertiary/aromatic N) is 3. The molecule has 1 aliphatic rings. The summed E-state index contributed by atoms with van der Waals surface area (Å²) in [6.45, 7) is 1.59. The second-order valence-corrected chi connectivity index (χ2v) is 6.01. The van der Waals surface area contributed by atoms with Crippen molar-refractivity contribution in [3.05, 3.63) is 34.6 Å². The van der Waals surface area contributed by atoms with E-state index in [9.17, 15) is 19.5 Å². The summed E-state index contributed by atoms with van der Waals surface area (Å²) in [6.07, 6.45) is 1.12. The van der Waals surface area contributed by atoms with Gasteiger partial charge in [-0.25, -0.2) is 4.68 Å². The largest absolute Gasteiger partial charge is 0.481 e. The summed E-state index contributed by atoms with van der Waals surface area (Å²) in [7, 11) is 0. The maximum Gasteiger partial charge on any atom is 0.307 e. The van der Waals surface area contributed by atoms with Crippen molar-refractivity contribution < 1.29 is 14.7 Å². The lowest BCUT2D eigenvalue weighted by Crippen LogP contribution is -2.34. The Balaban J connectivity index is 1.93. The van der Waals surface area contributed by atoms with Crippen molar-refractivity contribution >= 4 is 22.7 Å². The van der Waals surface area contributed by atoms with Crippen molar-refractivity contribution in [2.45, 2.75) is 26.3 Å². The number of Topliss-reactive ketones (excluding diaryl/α,β-unsaturated/α-hetero) is 1. The van der Waals surface area contributed by atoms with Gasteiger partial charge < -0.3 is 5.11 Å². The second kappa shape index (κ2) is 5.91. The summed E-state index contributed by atoms with van der Waals surface area (Å²) in [5, 5.41) is 17.8. The van der Waals surface area contributed by atoms with Crippen molar-refractivity contribution in [3.8, 4) is 0 Å². The molecule has 7 nitrogen and oxygen atoms in total. The van der Waals surface area contributed by atoms with Crippen LogP contribution in [0, 0.1) is 17.8 Å². The molecule has 0 bridgehead atoms. The molecule has 7 heteroatoms. The third-order valence-electron chi connectivity index (χ3n) is 4.63. The molecule has 3 rings (SSSR count). The van der Waals surface area contributed by atoms with Crippen LogP contribution in [0.4, 0.5) is 0 Å². The van der Waals surface area contributed by atoms with Gasteiger partial charge in [0.2, 0.25) is 0 Å². The van der Waals surface area contributed by atoms with Gasteiger partial charge in [0, 0.05) is 5.92 Å². The maximum absolute atomic E-state index is 12.5. The molecule has 23 heavy (non-hydrogen) atoms. The molecule has 0 spiro atoms. The van der Waals surface area contributed by atoms with Gasteiger partial charge in [-0.15, -0.1) is 5.10 Å². The fourth-order valence-corrected chi connectivity index (χ4v) is 3.48. The summed E-state index contributed by atoms with van der Waals surface area (Å²) in [5.74, 6) is -2.66. The minimum Gasteiger partial charge on any atom is -0.481 e. The van der Waals surface area contributed by atoms with Gasteiger partial charge in [-0.3, -0.25) is 14.4 Å². The van der Waals surface area contributed by atoms with Crippen LogP contribution in [0.25, 0.3) is 10.9 Å². The molecule has 0 amide bonds. The zero-order valence-corrected chi connectivity index (χ0v) is 12.7. The van der Waals surface area contributed by atoms with E-state index >= 15 is 0 Å². The SMILES string of the molecule is CC(=O)C1CCC(Cn2nnc3ccccc3c2=O)C1C(=O)O. The Bertz CT molecular complexity index is 829. The standard InChI is InChI=1S/C16H17N3O4/c1-9(20)11-7-6-10(14(11)16(22)23)8-19-15(21)12-4-2-3-5-13(12)17-18-19/h2-5,10-11,14H,6-8H2,1H3,(H,22,23). The van der Waals surface area contributed by atoms with Crippen LogP contribution in [-0.4, -0.2) is 31.9 Å². The number of carbonyl (C=O) groups excluding carboxylic acids is 1. The zero-order chi connectivity index (χ0) is 16.6. The van der Waals surface area contributed by atoms with E-state index in [-0.39, 0.29) is 23.8 Å². The summed E-state index contributed by atoms with van der Waals surface area (Å²) in [4.78, 5) is 35.6. The number of aliphatic carboxylic acids is 1. The molecule has 120 valence electrons. The molecular weight excluding hydrogens is 298 g/mol. The van der Waals surface area contributed by atoms with Crippen LogP contribution in [0.15, 0.2) is 29.1 Å². The lowest BCUT2D eigenvalue weighted by molar-refractivity contribution is -0.147. The molecule has 1 N–H and O–H groups in total. The third kappa shape index (κ3) is 2.74. The molecule has 1 aromatic carbocycles. The van der Waals surface area contributed by atoms with E-state index in [0.717, 1.165) is 0 Å². The number of rotatable bonds is 4. The monoisotopic (exact) mass is 315 g/mol. The molecule has 1 saturated carbocycles. The van der Waals surface area contributed by atoms with Crippen molar-refractivity contribution in [1.29, 1.82) is 0 Å². The molecule has 1 heterocycles. The van der Waals surface area contributed by atoms with Crippen LogP contribution in [0.2, 0.25) is 0 Å². The van der Waals surface area contributed by atoms with Gasteiger partial charge in [0.05, 0.1) is 17.8 Å². The van der Waals surface area contributed by atoms with E-state index in [1.165, 1.54) is 11.6 Å². The second-order valence-electron chi connectivity index (χ2n) is 6.01. The van der Waals surface area contributed by atoms with Gasteiger partial charge in [0.15, 0.2) is 0 Å². The number of hydrogen-bond acceptors (Lipinski definition) is 5. The predicted octanol–water partition coefficient (Wildman–Crippen LogP) is 1.11. The van der Waals surface area contributed by atoms with E-state index < -0.39 is 17.8 Å². The lowest BCUT2D eigenvalue weighted by atomic mass is 9.87. The highest BCUT2D eigenvalue weighted by Crippen LogP contribution is 2.38. The Morgan fingerprint density at radius 3 is 2.74 bits per heavy atom. The first-order valence-electron chi connectivity index (χ1n) is 7.55. The van der Waals surface area contributed by atoms with Crippen LogP contribution in [0.5, 0.6) is 0 Å². The number of aromatic nitrogens is 3. The first-order valence-corrected chi connectivity index (χ1v) is 7.55. The summed E-state index contributed by atoms with van der Waals surface area (Å²) < 4.78 is 1.21. The smallest absolute Gasteiger partial charge is 0.307 e. The van der Waals surface area contributed by atoms with Crippen LogP contribution < -0.4 is 5.56 Å². The number of carboxylic acids is 1. The number of carboxylic acid groups (broad SMARTS) is 1. The van der Waals surface area contributed by atoms with Gasteiger partial charge in [-0.2, -0.15) is 0 Å². The normalized spacial score (nSPS) is 24.0. The fraction of sp³-hybridized carbons (Fsp3) is 0.438. The highest BCUT2D eigenvalue weighted by molar-refractivity contribution is 5.85. The number of fused-ring (bicyclic) bond motifs is 1. The molecule has 3 unspecified atom stereocenters. The summed E-state index contributed by atoms with van der Waals surface area (Å²) in [5.41, 5.74) is 0.225. The van der Waals surface area contributed by atoms with Gasteiger partial charge >= 0.3 is 5.97 Å². The fourth-order valence-electron chi connectivity index (χ4n) is 3.48. The van der Waals surface area contributed by atoms with Crippen molar-refractivity contribution in [2.24, 2.45) is 17.8 Å². The highest BCUT2D eigenvalue weighted by Gasteiger charge is 2.43. The first-order chi connectivity index (χ1) is 11.0. The van der Waals surface area contributed by atoms with Crippen LogP contribution in [0.3, 0.4) is 0 Å². The van der Waals surface area contributed by atoms with Gasteiger partial charge in [-0.1, -0.05) is 17.3 Å². The number of ketones is 1. The molecule has 0 aliphatic heterocycles. The molecular formula is C16H17N3O4. The van der Waals surface area contributed by atoms with Crippen LogP contribution in [0.1, 0.15) is 19.8 Å². The topological polar surface area (TPSA) is 102 Å². The molecule has 1 fully saturated rings. The molecule has 1 aromatic heterocycles. The van der Waals surface area contributed by atoms with Crippen LogP contribution in [-0.2, 0) is 16.1 Å². The molecule has 2 aromatic rings. The maximum atomic E-state index is 12.5. The van der Waals surface area contributed by atoms with E-state index in [1.54, 1.807) is 24.3 Å². The van der Waals surface area contributed by atoms with E-state index in [2.05, 4.69) is 10.3 Å². The summed E-state index contributed by atoms with van der Waals surface area (Å²) in [6, 6.07) is 6.90. The molecule has 3 atom stereocenters. The lowest BCUT2D eigenvalue weighted by Gasteiger charge is -2.19. The summed E-state index contributed by atoms with van der Waals surface area (Å²) >= 11 is 0. The quantitative estimate of drug-likeness (QED) is 0.906. The minimum atomic E-state index is -0.991. The van der Waals surface area contributed by atoms with Gasteiger partial charge in [0.25, 0.3) is 5.56 Å². The van der Waals surface area contributed by atoms with E-state index in [1.807, 2.05) is 0 Å². The predicted molar refractivity (Wildman–Crippen MR) is 81.8 cm³/mol. The Kier molecular flexibility index (Phi) is 3.94. The van der Waals surface area contributed by atoms with Crippen molar-refractivity contribution in [1.82, 2.24) is 15.0 Å². The Morgan fingerprint density at radius 1 is 1.30 bits per heavy atom. The zero-order valence-electron chi connectivity index (χ0n) is 12.7. The average molecular weight is 315 g/mol.